The summed E-state index contributed by atoms with van der Waals surface area (Å²) in [6.45, 7) is 5.94. The topological polar surface area (TPSA) is 67.4 Å². The van der Waals surface area contributed by atoms with Crippen LogP contribution in [0.4, 0.5) is 0 Å². The van der Waals surface area contributed by atoms with Gasteiger partial charge in [0.1, 0.15) is 0 Å². The second-order valence-electron chi connectivity index (χ2n) is 6.95. The van der Waals surface area contributed by atoms with Crippen molar-refractivity contribution in [3.8, 4) is 17.2 Å². The molecule has 0 saturated heterocycles. The van der Waals surface area contributed by atoms with Crippen LogP contribution in [-0.4, -0.2) is 65.9 Å². The summed E-state index contributed by atoms with van der Waals surface area (Å²) in [5, 5.41) is 6.82. The number of nitrogens with zero attached hydrogens (tertiary/aromatic N) is 2. The Kier molecular flexibility index (Phi) is 10.5. The van der Waals surface area contributed by atoms with Gasteiger partial charge in [-0.3, -0.25) is 4.99 Å². The van der Waals surface area contributed by atoms with Crippen molar-refractivity contribution in [2.75, 3.05) is 49.0 Å². The van der Waals surface area contributed by atoms with Crippen LogP contribution < -0.4 is 24.8 Å². The minimum atomic E-state index is 0.453. The van der Waals surface area contributed by atoms with E-state index in [0.717, 1.165) is 18.1 Å². The van der Waals surface area contributed by atoms with Gasteiger partial charge < -0.3 is 29.7 Å². The van der Waals surface area contributed by atoms with Crippen LogP contribution in [0.3, 0.4) is 0 Å². The molecule has 0 fully saturated rings. The summed E-state index contributed by atoms with van der Waals surface area (Å²) < 4.78 is 16.2. The van der Waals surface area contributed by atoms with Crippen molar-refractivity contribution in [1.82, 2.24) is 15.5 Å². The molecule has 1 rings (SSSR count). The molecule has 0 aromatic heterocycles. The second kappa shape index (κ2) is 12.3. The average Bonchev–Trinajstić information content (AvgIpc) is 2.71. The number of hydrogen-bond acceptors (Lipinski definition) is 5. The molecule has 28 heavy (non-hydrogen) atoms. The lowest BCUT2D eigenvalue weighted by molar-refractivity contribution is 0.200. The summed E-state index contributed by atoms with van der Waals surface area (Å²) in [5.74, 6) is 3.29. The number of hydrogen-bond donors (Lipinski definition) is 2. The fourth-order valence-electron chi connectivity index (χ4n) is 3.45. The molecule has 1 aromatic carbocycles. The molecule has 1 unspecified atom stereocenters. The largest absolute Gasteiger partial charge is 0.493 e. The van der Waals surface area contributed by atoms with Crippen LogP contribution in [0, 0.1) is 5.92 Å². The molecule has 0 aliphatic rings. The van der Waals surface area contributed by atoms with Gasteiger partial charge in [0.05, 0.1) is 21.3 Å². The number of methoxy groups -OCH3 is 3. The first-order valence-electron chi connectivity index (χ1n) is 9.85. The minimum Gasteiger partial charge on any atom is -0.493 e. The van der Waals surface area contributed by atoms with Crippen molar-refractivity contribution in [3.63, 3.8) is 0 Å². The van der Waals surface area contributed by atoms with Gasteiger partial charge in [-0.1, -0.05) is 26.7 Å². The highest BCUT2D eigenvalue weighted by atomic mass is 16.5. The lowest BCUT2D eigenvalue weighted by atomic mass is 9.93. The van der Waals surface area contributed by atoms with Crippen molar-refractivity contribution in [1.29, 1.82) is 0 Å². The Balaban J connectivity index is 2.79. The van der Waals surface area contributed by atoms with Gasteiger partial charge in [0.25, 0.3) is 0 Å². The van der Waals surface area contributed by atoms with Crippen LogP contribution in [0.5, 0.6) is 17.2 Å². The van der Waals surface area contributed by atoms with E-state index in [-0.39, 0.29) is 0 Å². The van der Waals surface area contributed by atoms with E-state index in [1.807, 2.05) is 12.1 Å². The van der Waals surface area contributed by atoms with Gasteiger partial charge in [0, 0.05) is 26.2 Å². The molecule has 0 saturated carbocycles. The first-order valence-corrected chi connectivity index (χ1v) is 9.85. The maximum atomic E-state index is 5.42. The van der Waals surface area contributed by atoms with E-state index in [2.05, 4.69) is 48.5 Å². The number of benzene rings is 1. The number of ether oxygens (including phenoxy) is 3. The molecule has 0 radical (unpaired) electrons. The molecule has 0 aliphatic heterocycles. The van der Waals surface area contributed by atoms with Crippen LogP contribution in [0.2, 0.25) is 0 Å². The first-order chi connectivity index (χ1) is 13.4. The van der Waals surface area contributed by atoms with Crippen molar-refractivity contribution in [2.45, 2.75) is 39.3 Å². The minimum absolute atomic E-state index is 0.453. The number of rotatable bonds is 11. The molecule has 0 amide bonds. The van der Waals surface area contributed by atoms with Gasteiger partial charge in [-0.05, 0) is 37.7 Å². The van der Waals surface area contributed by atoms with Crippen LogP contribution >= 0.6 is 0 Å². The zero-order valence-electron chi connectivity index (χ0n) is 18.8. The van der Waals surface area contributed by atoms with Crippen LogP contribution in [-0.2, 0) is 6.54 Å². The zero-order valence-corrected chi connectivity index (χ0v) is 18.8. The van der Waals surface area contributed by atoms with E-state index in [0.29, 0.717) is 35.8 Å². The molecular formula is C21H38N4O3. The zero-order chi connectivity index (χ0) is 21.1. The fourth-order valence-corrected chi connectivity index (χ4v) is 3.45. The highest BCUT2D eigenvalue weighted by Gasteiger charge is 2.21. The summed E-state index contributed by atoms with van der Waals surface area (Å²) in [5.41, 5.74) is 1.02. The van der Waals surface area contributed by atoms with E-state index < -0.39 is 0 Å². The molecule has 0 heterocycles. The predicted octanol–water partition coefficient (Wildman–Crippen LogP) is 2.74. The average molecular weight is 395 g/mol. The van der Waals surface area contributed by atoms with E-state index in [1.54, 1.807) is 28.4 Å². The molecule has 1 atom stereocenters. The van der Waals surface area contributed by atoms with Gasteiger partial charge in [-0.25, -0.2) is 0 Å². The summed E-state index contributed by atoms with van der Waals surface area (Å²) in [7, 11) is 10.9. The number of nitrogens with one attached hydrogen (secondary N) is 2. The third-order valence-electron chi connectivity index (χ3n) is 5.14. The molecule has 2 N–H and O–H groups in total. The smallest absolute Gasteiger partial charge is 0.203 e. The molecule has 160 valence electrons. The Bertz CT molecular complexity index is 591. The quantitative estimate of drug-likeness (QED) is 0.444. The maximum Gasteiger partial charge on any atom is 0.203 e. The molecule has 7 nitrogen and oxygen atoms in total. The second-order valence-corrected chi connectivity index (χ2v) is 6.95. The standard InChI is InChI=1S/C21H38N4O3/c1-9-16(10-2)17(25(4)5)14-24-21(22-3)23-13-15-11-18(26-6)20(28-8)19(12-15)27-7/h11-12,16-17H,9-10,13-14H2,1-8H3,(H2,22,23,24). The Morgan fingerprint density at radius 3 is 1.96 bits per heavy atom. The summed E-state index contributed by atoms with van der Waals surface area (Å²) in [6, 6.07) is 4.33. The van der Waals surface area contributed by atoms with Gasteiger partial charge in [0.2, 0.25) is 5.75 Å². The molecule has 0 bridgehead atoms. The number of guanidine groups is 1. The normalized spacial score (nSPS) is 12.9. The van der Waals surface area contributed by atoms with Crippen LogP contribution in [0.1, 0.15) is 32.3 Å². The molecule has 0 aliphatic carbocycles. The Labute approximate surface area is 170 Å². The third-order valence-corrected chi connectivity index (χ3v) is 5.14. The lowest BCUT2D eigenvalue weighted by Gasteiger charge is -2.32. The molecule has 0 spiro atoms. The number of aliphatic imine (C=N–C) groups is 1. The molecule has 1 aromatic rings. The Morgan fingerprint density at radius 2 is 1.57 bits per heavy atom. The number of likely N-dealkylation sites (N-methyl/N-ethyl adjacent to an activating group) is 1. The highest BCUT2D eigenvalue weighted by molar-refractivity contribution is 5.79. The SMILES string of the molecule is CCC(CC)C(CNC(=NC)NCc1cc(OC)c(OC)c(OC)c1)N(C)C. The van der Waals surface area contributed by atoms with Gasteiger partial charge in [-0.15, -0.1) is 0 Å². The van der Waals surface area contributed by atoms with Crippen molar-refractivity contribution < 1.29 is 14.2 Å². The molecule has 7 heteroatoms. The van der Waals surface area contributed by atoms with E-state index >= 15 is 0 Å². The van der Waals surface area contributed by atoms with Gasteiger partial charge >= 0.3 is 0 Å². The Morgan fingerprint density at radius 1 is 1.00 bits per heavy atom. The van der Waals surface area contributed by atoms with Crippen LogP contribution in [0.15, 0.2) is 17.1 Å². The predicted molar refractivity (Wildman–Crippen MR) is 116 cm³/mol. The monoisotopic (exact) mass is 394 g/mol. The highest BCUT2D eigenvalue weighted by Crippen LogP contribution is 2.38. The fraction of sp³-hybridized carbons (Fsp3) is 0.667. The van der Waals surface area contributed by atoms with Crippen molar-refractivity contribution in [3.05, 3.63) is 17.7 Å². The van der Waals surface area contributed by atoms with Gasteiger partial charge in [0.15, 0.2) is 17.5 Å². The lowest BCUT2D eigenvalue weighted by Crippen LogP contribution is -2.47. The maximum absolute atomic E-state index is 5.42. The van der Waals surface area contributed by atoms with Crippen LogP contribution in [0.25, 0.3) is 0 Å². The third kappa shape index (κ3) is 6.48. The van der Waals surface area contributed by atoms with Crippen molar-refractivity contribution >= 4 is 5.96 Å². The van der Waals surface area contributed by atoms with E-state index in [1.165, 1.54) is 12.8 Å². The first kappa shape index (κ1) is 23.9. The van der Waals surface area contributed by atoms with Crippen molar-refractivity contribution in [2.24, 2.45) is 10.9 Å². The summed E-state index contributed by atoms with van der Waals surface area (Å²) in [6.07, 6.45) is 2.33. The summed E-state index contributed by atoms with van der Waals surface area (Å²) >= 11 is 0. The van der Waals surface area contributed by atoms with E-state index in [4.69, 9.17) is 14.2 Å². The van der Waals surface area contributed by atoms with E-state index in [9.17, 15) is 0 Å². The van der Waals surface area contributed by atoms with Gasteiger partial charge in [-0.2, -0.15) is 0 Å². The Hall–Kier alpha value is -2.15. The molecular weight excluding hydrogens is 356 g/mol. The summed E-state index contributed by atoms with van der Waals surface area (Å²) in [4.78, 5) is 6.64.